The molecule has 0 aliphatic rings. The Bertz CT molecular complexity index is 496. The summed E-state index contributed by atoms with van der Waals surface area (Å²) in [6.45, 7) is 0. The highest BCUT2D eigenvalue weighted by Gasteiger charge is 2.07. The summed E-state index contributed by atoms with van der Waals surface area (Å²) in [6, 6.07) is 4.76. The maximum absolute atomic E-state index is 10.7. The summed E-state index contributed by atoms with van der Waals surface area (Å²) >= 11 is 3.30. The smallest absolute Gasteiger partial charge is 0.335 e. The molecule has 0 bridgehead atoms. The van der Waals surface area contributed by atoms with E-state index in [0.29, 0.717) is 4.47 Å². The van der Waals surface area contributed by atoms with Gasteiger partial charge in [0.1, 0.15) is 12.7 Å². The predicted octanol–water partition coefficient (Wildman–Crippen LogP) is 1.73. The predicted molar refractivity (Wildman–Crippen MR) is 56.0 cm³/mol. The zero-order valence-corrected chi connectivity index (χ0v) is 9.05. The fourth-order valence-corrected chi connectivity index (χ4v) is 1.76. The van der Waals surface area contributed by atoms with Gasteiger partial charge in [0.2, 0.25) is 0 Å². The lowest BCUT2D eigenvalue weighted by Crippen LogP contribution is -1.98. The summed E-state index contributed by atoms with van der Waals surface area (Å²) < 4.78 is 2.37. The zero-order valence-electron chi connectivity index (χ0n) is 7.46. The number of aromatic carboxylic acids is 1. The van der Waals surface area contributed by atoms with Crippen LogP contribution in [0.4, 0.5) is 0 Å². The molecule has 0 aliphatic heterocycles. The van der Waals surface area contributed by atoms with Gasteiger partial charge in [-0.1, -0.05) is 0 Å². The lowest BCUT2D eigenvalue weighted by atomic mass is 10.2. The average Bonchev–Trinajstić information content (AvgIpc) is 2.70. The van der Waals surface area contributed by atoms with Gasteiger partial charge in [-0.15, -0.1) is 10.2 Å². The highest BCUT2D eigenvalue weighted by molar-refractivity contribution is 9.10. The van der Waals surface area contributed by atoms with Gasteiger partial charge in [0.05, 0.1) is 11.3 Å². The molecule has 0 atom stereocenters. The molecular formula is C9H6BrN3O2. The number of rotatable bonds is 2. The van der Waals surface area contributed by atoms with Gasteiger partial charge in [-0.3, -0.25) is 4.57 Å². The van der Waals surface area contributed by atoms with Crippen LogP contribution in [0.2, 0.25) is 0 Å². The number of carboxylic acids is 1. The molecule has 1 aromatic carbocycles. The summed E-state index contributed by atoms with van der Waals surface area (Å²) in [5.41, 5.74) is 1.03. The van der Waals surface area contributed by atoms with E-state index in [9.17, 15) is 4.79 Å². The summed E-state index contributed by atoms with van der Waals surface area (Å²) in [4.78, 5) is 10.7. The molecule has 0 amide bonds. The fourth-order valence-electron chi connectivity index (χ4n) is 1.17. The largest absolute Gasteiger partial charge is 0.478 e. The zero-order chi connectivity index (χ0) is 10.8. The summed E-state index contributed by atoms with van der Waals surface area (Å²) in [7, 11) is 0. The molecule has 6 heteroatoms. The van der Waals surface area contributed by atoms with Gasteiger partial charge in [0, 0.05) is 4.47 Å². The lowest BCUT2D eigenvalue weighted by Gasteiger charge is -2.04. The number of aromatic nitrogens is 3. The Hall–Kier alpha value is -1.69. The van der Waals surface area contributed by atoms with Gasteiger partial charge in [-0.2, -0.15) is 0 Å². The molecular weight excluding hydrogens is 262 g/mol. The van der Waals surface area contributed by atoms with Crippen molar-refractivity contribution in [2.45, 2.75) is 0 Å². The summed E-state index contributed by atoms with van der Waals surface area (Å²) in [5.74, 6) is -0.953. The van der Waals surface area contributed by atoms with E-state index < -0.39 is 5.97 Å². The maximum atomic E-state index is 10.7. The van der Waals surface area contributed by atoms with Gasteiger partial charge in [0.25, 0.3) is 0 Å². The first-order valence-corrected chi connectivity index (χ1v) is 4.85. The van der Waals surface area contributed by atoms with Crippen LogP contribution in [0.15, 0.2) is 35.3 Å². The van der Waals surface area contributed by atoms with Crippen molar-refractivity contribution in [3.05, 3.63) is 40.9 Å². The third-order valence-electron chi connectivity index (χ3n) is 1.89. The number of hydrogen-bond acceptors (Lipinski definition) is 3. The molecule has 76 valence electrons. The molecule has 1 aromatic heterocycles. The van der Waals surface area contributed by atoms with Crippen molar-refractivity contribution in [2.24, 2.45) is 0 Å². The van der Waals surface area contributed by atoms with Crippen LogP contribution in [0, 0.1) is 0 Å². The SMILES string of the molecule is O=C(O)c1ccc(-n2cnnc2)c(Br)c1. The van der Waals surface area contributed by atoms with Crippen molar-refractivity contribution in [1.82, 2.24) is 14.8 Å². The number of nitrogens with zero attached hydrogens (tertiary/aromatic N) is 3. The minimum absolute atomic E-state index is 0.235. The summed E-state index contributed by atoms with van der Waals surface area (Å²) in [5, 5.41) is 16.1. The molecule has 2 rings (SSSR count). The maximum Gasteiger partial charge on any atom is 0.335 e. The fraction of sp³-hybridized carbons (Fsp3) is 0. The van der Waals surface area contributed by atoms with Crippen LogP contribution < -0.4 is 0 Å². The van der Waals surface area contributed by atoms with E-state index in [1.807, 2.05) is 0 Å². The second kappa shape index (κ2) is 3.82. The topological polar surface area (TPSA) is 68.0 Å². The van der Waals surface area contributed by atoms with Crippen molar-refractivity contribution < 1.29 is 9.90 Å². The number of carbonyl (C=O) groups is 1. The van der Waals surface area contributed by atoms with Crippen LogP contribution >= 0.6 is 15.9 Å². The Morgan fingerprint density at radius 3 is 2.53 bits per heavy atom. The third-order valence-corrected chi connectivity index (χ3v) is 2.53. The van der Waals surface area contributed by atoms with E-state index >= 15 is 0 Å². The van der Waals surface area contributed by atoms with E-state index in [0.717, 1.165) is 5.69 Å². The van der Waals surface area contributed by atoms with Gasteiger partial charge >= 0.3 is 5.97 Å². The molecule has 0 aliphatic carbocycles. The normalized spacial score (nSPS) is 10.2. The summed E-state index contributed by atoms with van der Waals surface area (Å²) in [6.07, 6.45) is 3.08. The Balaban J connectivity index is 2.48. The number of halogens is 1. The molecule has 0 fully saturated rings. The molecule has 0 saturated heterocycles. The number of benzene rings is 1. The van der Waals surface area contributed by atoms with Crippen LogP contribution in [-0.2, 0) is 0 Å². The van der Waals surface area contributed by atoms with Crippen LogP contribution in [0.1, 0.15) is 10.4 Å². The van der Waals surface area contributed by atoms with Crippen LogP contribution in [0.5, 0.6) is 0 Å². The minimum atomic E-state index is -0.953. The van der Waals surface area contributed by atoms with Gasteiger partial charge in [0.15, 0.2) is 0 Å². The monoisotopic (exact) mass is 267 g/mol. The van der Waals surface area contributed by atoms with E-state index in [4.69, 9.17) is 5.11 Å². The van der Waals surface area contributed by atoms with Crippen LogP contribution in [0.3, 0.4) is 0 Å². The Morgan fingerprint density at radius 1 is 1.33 bits per heavy atom. The quantitative estimate of drug-likeness (QED) is 0.900. The second-order valence-electron chi connectivity index (χ2n) is 2.84. The van der Waals surface area contributed by atoms with E-state index in [2.05, 4.69) is 26.1 Å². The molecule has 0 radical (unpaired) electrons. The molecule has 1 N–H and O–H groups in total. The molecule has 0 saturated carbocycles. The number of carboxylic acid groups (broad SMARTS) is 1. The first-order chi connectivity index (χ1) is 7.18. The Labute approximate surface area is 93.5 Å². The van der Waals surface area contributed by atoms with Gasteiger partial charge in [-0.05, 0) is 34.1 Å². The molecule has 0 spiro atoms. The van der Waals surface area contributed by atoms with E-state index in [-0.39, 0.29) is 5.56 Å². The van der Waals surface area contributed by atoms with Crippen molar-refractivity contribution in [2.75, 3.05) is 0 Å². The minimum Gasteiger partial charge on any atom is -0.478 e. The van der Waals surface area contributed by atoms with Crippen molar-refractivity contribution in [1.29, 1.82) is 0 Å². The lowest BCUT2D eigenvalue weighted by molar-refractivity contribution is 0.0697. The van der Waals surface area contributed by atoms with E-state index in [1.54, 1.807) is 23.3 Å². The Morgan fingerprint density at radius 2 is 2.00 bits per heavy atom. The molecule has 2 aromatic rings. The Kier molecular flexibility index (Phi) is 2.51. The van der Waals surface area contributed by atoms with Crippen molar-refractivity contribution >= 4 is 21.9 Å². The number of hydrogen-bond donors (Lipinski definition) is 1. The van der Waals surface area contributed by atoms with Gasteiger partial charge in [-0.25, -0.2) is 4.79 Å². The van der Waals surface area contributed by atoms with Crippen LogP contribution in [0.25, 0.3) is 5.69 Å². The van der Waals surface area contributed by atoms with E-state index in [1.165, 1.54) is 12.1 Å². The van der Waals surface area contributed by atoms with Crippen LogP contribution in [-0.4, -0.2) is 25.8 Å². The first kappa shape index (κ1) is 9.85. The highest BCUT2D eigenvalue weighted by Crippen LogP contribution is 2.21. The molecule has 0 unspecified atom stereocenters. The third kappa shape index (κ3) is 1.89. The van der Waals surface area contributed by atoms with Crippen molar-refractivity contribution in [3.8, 4) is 5.69 Å². The molecule has 1 heterocycles. The highest BCUT2D eigenvalue weighted by atomic mass is 79.9. The average molecular weight is 268 g/mol. The van der Waals surface area contributed by atoms with Crippen molar-refractivity contribution in [3.63, 3.8) is 0 Å². The standard InChI is InChI=1S/C9H6BrN3O2/c10-7-3-6(9(14)15)1-2-8(7)13-4-11-12-5-13/h1-5H,(H,14,15). The molecule has 5 nitrogen and oxygen atoms in total. The van der Waals surface area contributed by atoms with Gasteiger partial charge < -0.3 is 5.11 Å². The second-order valence-corrected chi connectivity index (χ2v) is 3.69. The molecule has 15 heavy (non-hydrogen) atoms. The first-order valence-electron chi connectivity index (χ1n) is 4.06.